The van der Waals surface area contributed by atoms with Gasteiger partial charge in [-0.25, -0.2) is 0 Å². The van der Waals surface area contributed by atoms with Gasteiger partial charge in [-0.1, -0.05) is 24.3 Å². The second-order valence-electron chi connectivity index (χ2n) is 5.88. The van der Waals surface area contributed by atoms with Gasteiger partial charge >= 0.3 is 6.61 Å². The average molecular weight is 375 g/mol. The number of halogens is 2. The fourth-order valence-electron chi connectivity index (χ4n) is 2.66. The van der Waals surface area contributed by atoms with Crippen molar-refractivity contribution < 1.29 is 27.8 Å². The number of carbonyl (C=O) groups is 1. The Hall–Kier alpha value is -3.09. The lowest BCUT2D eigenvalue weighted by atomic mass is 10.1. The Labute approximate surface area is 155 Å². The molecule has 0 fully saturated rings. The summed E-state index contributed by atoms with van der Waals surface area (Å²) in [6.45, 7) is -0.0887. The molecule has 0 radical (unpaired) electrons. The van der Waals surface area contributed by atoms with E-state index in [1.54, 1.807) is 24.3 Å². The molecule has 0 aromatic heterocycles. The van der Waals surface area contributed by atoms with Crippen LogP contribution in [-0.4, -0.2) is 25.7 Å². The van der Waals surface area contributed by atoms with Crippen LogP contribution in [0.15, 0.2) is 48.5 Å². The van der Waals surface area contributed by atoms with E-state index in [0.29, 0.717) is 30.3 Å². The van der Waals surface area contributed by atoms with E-state index >= 15 is 0 Å². The zero-order valence-corrected chi connectivity index (χ0v) is 14.7. The maximum absolute atomic E-state index is 12.4. The molecular weight excluding hydrogens is 356 g/mol. The van der Waals surface area contributed by atoms with Crippen molar-refractivity contribution in [1.29, 1.82) is 0 Å². The molecule has 1 atom stereocenters. The van der Waals surface area contributed by atoms with Gasteiger partial charge in [-0.2, -0.15) is 8.78 Å². The van der Waals surface area contributed by atoms with E-state index in [2.05, 4.69) is 10.1 Å². The van der Waals surface area contributed by atoms with Crippen LogP contribution in [0.5, 0.6) is 17.2 Å². The van der Waals surface area contributed by atoms with Crippen molar-refractivity contribution in [3.63, 3.8) is 0 Å². The third-order valence-electron chi connectivity index (χ3n) is 3.97. The van der Waals surface area contributed by atoms with Gasteiger partial charge in [0.15, 0.2) is 11.5 Å². The molecule has 7 heteroatoms. The second kappa shape index (κ2) is 8.53. The minimum absolute atomic E-state index is 0.0106. The van der Waals surface area contributed by atoms with Crippen LogP contribution in [0.25, 0.3) is 6.08 Å². The van der Waals surface area contributed by atoms with Crippen LogP contribution >= 0.6 is 0 Å². The normalized spacial score (nSPS) is 14.2. The molecule has 1 N–H and O–H groups in total. The quantitative estimate of drug-likeness (QED) is 0.777. The Bertz CT molecular complexity index is 838. The molecule has 0 saturated carbocycles. The lowest BCUT2D eigenvalue weighted by molar-refractivity contribution is -0.117. The number of ether oxygens (including phenoxy) is 3. The number of alkyl halides is 2. The van der Waals surface area contributed by atoms with Crippen molar-refractivity contribution in [1.82, 2.24) is 5.32 Å². The molecule has 5 nitrogen and oxygen atoms in total. The largest absolute Gasteiger partial charge is 0.486 e. The molecule has 0 saturated heterocycles. The molecule has 1 amide bonds. The summed E-state index contributed by atoms with van der Waals surface area (Å²) in [7, 11) is 0. The first-order valence-corrected chi connectivity index (χ1v) is 8.45. The zero-order chi connectivity index (χ0) is 19.2. The molecule has 1 aliphatic heterocycles. The third-order valence-corrected chi connectivity index (χ3v) is 3.97. The van der Waals surface area contributed by atoms with E-state index in [-0.39, 0.29) is 17.7 Å². The van der Waals surface area contributed by atoms with Crippen molar-refractivity contribution >= 4 is 12.0 Å². The van der Waals surface area contributed by atoms with E-state index in [1.807, 2.05) is 19.1 Å². The van der Waals surface area contributed by atoms with Gasteiger partial charge in [0.1, 0.15) is 19.0 Å². The highest BCUT2D eigenvalue weighted by Gasteiger charge is 2.15. The average Bonchev–Trinajstić information content (AvgIpc) is 2.66. The number of para-hydroxylation sites is 1. The van der Waals surface area contributed by atoms with Crippen LogP contribution < -0.4 is 19.5 Å². The predicted molar refractivity (Wildman–Crippen MR) is 96.1 cm³/mol. The maximum Gasteiger partial charge on any atom is 0.387 e. The first-order chi connectivity index (χ1) is 13.0. The molecule has 2 aromatic carbocycles. The van der Waals surface area contributed by atoms with Crippen molar-refractivity contribution in [2.24, 2.45) is 0 Å². The first-order valence-electron chi connectivity index (χ1n) is 8.45. The molecule has 0 spiro atoms. The van der Waals surface area contributed by atoms with Crippen molar-refractivity contribution in [3.05, 3.63) is 59.7 Å². The molecule has 1 unspecified atom stereocenters. The summed E-state index contributed by atoms with van der Waals surface area (Å²) >= 11 is 0. The Morgan fingerprint density at radius 1 is 1.15 bits per heavy atom. The standard InChI is InChI=1S/C20H19F2NO4/c1-13(15-6-8-17-18(12-15)26-11-10-25-17)23-19(24)9-7-14-4-2-3-5-16(14)27-20(21)22/h2-9,12-13,20H,10-11H2,1H3,(H,23,24)/b9-7+. The SMILES string of the molecule is CC(NC(=O)/C=C/c1ccccc1OC(F)F)c1ccc2c(c1)OCCO2. The number of fused-ring (bicyclic) bond motifs is 1. The fraction of sp³-hybridized carbons (Fsp3) is 0.250. The van der Waals surface area contributed by atoms with Gasteiger partial charge in [0.25, 0.3) is 0 Å². The minimum atomic E-state index is -2.93. The maximum atomic E-state index is 12.4. The highest BCUT2D eigenvalue weighted by molar-refractivity contribution is 5.92. The van der Waals surface area contributed by atoms with Gasteiger partial charge in [-0.3, -0.25) is 4.79 Å². The summed E-state index contributed by atoms with van der Waals surface area (Å²) in [5.74, 6) is 0.980. The van der Waals surface area contributed by atoms with Crippen LogP contribution in [-0.2, 0) is 4.79 Å². The Balaban J connectivity index is 1.65. The molecule has 0 bridgehead atoms. The third kappa shape index (κ3) is 4.97. The van der Waals surface area contributed by atoms with Crippen molar-refractivity contribution in [2.45, 2.75) is 19.6 Å². The van der Waals surface area contributed by atoms with Crippen LogP contribution in [0, 0.1) is 0 Å². The van der Waals surface area contributed by atoms with E-state index in [1.165, 1.54) is 18.2 Å². The van der Waals surface area contributed by atoms with E-state index in [0.717, 1.165) is 5.56 Å². The van der Waals surface area contributed by atoms with Crippen molar-refractivity contribution in [3.8, 4) is 17.2 Å². The van der Waals surface area contributed by atoms with E-state index < -0.39 is 6.61 Å². The highest BCUT2D eigenvalue weighted by Crippen LogP contribution is 2.32. The second-order valence-corrected chi connectivity index (χ2v) is 5.88. The van der Waals surface area contributed by atoms with Gasteiger partial charge in [0, 0.05) is 11.6 Å². The lowest BCUT2D eigenvalue weighted by Crippen LogP contribution is -2.25. The van der Waals surface area contributed by atoms with Gasteiger partial charge in [-0.15, -0.1) is 0 Å². The Kier molecular flexibility index (Phi) is 5.90. The summed E-state index contributed by atoms with van der Waals surface area (Å²) in [5, 5.41) is 2.82. The monoisotopic (exact) mass is 375 g/mol. The molecule has 3 rings (SSSR count). The summed E-state index contributed by atoms with van der Waals surface area (Å²) in [5.41, 5.74) is 1.25. The van der Waals surface area contributed by atoms with Gasteiger partial charge in [0.2, 0.25) is 5.91 Å². The number of benzene rings is 2. The first kappa shape index (κ1) is 18.7. The predicted octanol–water partition coefficient (Wildman–Crippen LogP) is 3.95. The molecule has 1 aliphatic rings. The molecule has 27 heavy (non-hydrogen) atoms. The number of rotatable bonds is 6. The summed E-state index contributed by atoms with van der Waals surface area (Å²) in [4.78, 5) is 12.2. The number of hydrogen-bond acceptors (Lipinski definition) is 4. The number of carbonyl (C=O) groups excluding carboxylic acids is 1. The lowest BCUT2D eigenvalue weighted by Gasteiger charge is -2.20. The van der Waals surface area contributed by atoms with Crippen LogP contribution in [0.3, 0.4) is 0 Å². The number of nitrogens with one attached hydrogen (secondary N) is 1. The van der Waals surface area contributed by atoms with Crippen LogP contribution in [0.4, 0.5) is 8.78 Å². The van der Waals surface area contributed by atoms with E-state index in [9.17, 15) is 13.6 Å². The van der Waals surface area contributed by atoms with Gasteiger partial charge in [-0.05, 0) is 36.8 Å². The Morgan fingerprint density at radius 3 is 2.67 bits per heavy atom. The number of hydrogen-bond donors (Lipinski definition) is 1. The summed E-state index contributed by atoms with van der Waals surface area (Å²) in [6, 6.07) is 11.5. The summed E-state index contributed by atoms with van der Waals surface area (Å²) in [6.07, 6.45) is 2.71. The van der Waals surface area contributed by atoms with Gasteiger partial charge in [0.05, 0.1) is 6.04 Å². The molecule has 0 aliphatic carbocycles. The Morgan fingerprint density at radius 2 is 1.89 bits per heavy atom. The minimum Gasteiger partial charge on any atom is -0.486 e. The zero-order valence-electron chi connectivity index (χ0n) is 14.7. The number of amides is 1. The molecule has 142 valence electrons. The van der Waals surface area contributed by atoms with Crippen molar-refractivity contribution in [2.75, 3.05) is 13.2 Å². The molecule has 1 heterocycles. The smallest absolute Gasteiger partial charge is 0.387 e. The van der Waals surface area contributed by atoms with Crippen LogP contribution in [0.1, 0.15) is 24.1 Å². The van der Waals surface area contributed by atoms with Gasteiger partial charge < -0.3 is 19.5 Å². The van der Waals surface area contributed by atoms with Crippen LogP contribution in [0.2, 0.25) is 0 Å². The van der Waals surface area contributed by atoms with E-state index in [4.69, 9.17) is 9.47 Å². The topological polar surface area (TPSA) is 56.8 Å². The highest BCUT2D eigenvalue weighted by atomic mass is 19.3. The fourth-order valence-corrected chi connectivity index (χ4v) is 2.66. The molecular formula is C20H19F2NO4. The molecule has 2 aromatic rings. The summed E-state index contributed by atoms with van der Waals surface area (Å²) < 4.78 is 40.3.